The van der Waals surface area contributed by atoms with Gasteiger partial charge in [0.05, 0.1) is 17.9 Å². The first-order valence-electron chi connectivity index (χ1n) is 10.5. The molecule has 0 bridgehead atoms. The number of nitrogens with zero attached hydrogens (tertiary/aromatic N) is 2. The Morgan fingerprint density at radius 3 is 2.62 bits per heavy atom. The first-order chi connectivity index (χ1) is 16.4. The third kappa shape index (κ3) is 4.26. The van der Waals surface area contributed by atoms with Crippen LogP contribution in [-0.2, 0) is 4.79 Å². The zero-order valence-electron chi connectivity index (χ0n) is 17.7. The number of benzene rings is 2. The fourth-order valence-electron chi connectivity index (χ4n) is 3.83. The molecule has 34 heavy (non-hydrogen) atoms. The van der Waals surface area contributed by atoms with Crippen molar-refractivity contribution in [1.29, 1.82) is 0 Å². The van der Waals surface area contributed by atoms with Gasteiger partial charge >= 0.3 is 0 Å². The molecule has 10 heteroatoms. The molecule has 0 unspecified atom stereocenters. The third-order valence-corrected chi connectivity index (χ3v) is 5.64. The molecule has 0 spiro atoms. The lowest BCUT2D eigenvalue weighted by atomic mass is 9.99. The largest absolute Gasteiger partial charge is 0.490 e. The lowest BCUT2D eigenvalue weighted by molar-refractivity contribution is -0.118. The number of carbonyl (C=O) groups excluding carboxylic acids is 2. The monoisotopic (exact) mass is 469 g/mol. The normalized spacial score (nSPS) is 15.1. The summed E-state index contributed by atoms with van der Waals surface area (Å²) in [6.07, 6.45) is 1.32. The van der Waals surface area contributed by atoms with E-state index in [-0.39, 0.29) is 47.8 Å². The number of nitrogens with one attached hydrogen (secondary N) is 1. The lowest BCUT2D eigenvalue weighted by Gasteiger charge is -2.39. The first-order valence-corrected chi connectivity index (χ1v) is 10.5. The average molecular weight is 469 g/mol. The number of halogens is 3. The Bertz CT molecular complexity index is 1280. The molecule has 2 amide bonds. The molecule has 0 saturated carbocycles. The Balaban J connectivity index is 1.17. The van der Waals surface area contributed by atoms with Gasteiger partial charge < -0.3 is 19.7 Å². The third-order valence-electron chi connectivity index (χ3n) is 5.64. The maximum Gasteiger partial charge on any atom is 0.262 e. The second-order valence-corrected chi connectivity index (χ2v) is 8.07. The lowest BCUT2D eigenvalue weighted by Crippen LogP contribution is -2.52. The van der Waals surface area contributed by atoms with Crippen LogP contribution in [-0.4, -0.2) is 48.0 Å². The maximum absolute atomic E-state index is 14.5. The number of hydrogen-bond donors (Lipinski definition) is 1. The molecule has 0 aliphatic carbocycles. The van der Waals surface area contributed by atoms with Crippen LogP contribution in [0, 0.1) is 23.5 Å². The van der Waals surface area contributed by atoms with Gasteiger partial charge in [0.1, 0.15) is 11.6 Å². The maximum atomic E-state index is 14.5. The molecule has 1 fully saturated rings. The summed E-state index contributed by atoms with van der Waals surface area (Å²) in [5.74, 6) is -2.64. The van der Waals surface area contributed by atoms with Gasteiger partial charge in [0.2, 0.25) is 5.95 Å². The van der Waals surface area contributed by atoms with Crippen molar-refractivity contribution in [3.8, 4) is 22.6 Å². The highest BCUT2D eigenvalue weighted by Gasteiger charge is 2.34. The van der Waals surface area contributed by atoms with E-state index in [0.717, 1.165) is 6.07 Å². The Labute approximate surface area is 192 Å². The number of carbonyl (C=O) groups is 2. The highest BCUT2D eigenvalue weighted by atomic mass is 19.1. The average Bonchev–Trinajstić information content (AvgIpc) is 2.79. The van der Waals surface area contributed by atoms with E-state index in [1.807, 2.05) is 0 Å². The molecule has 1 aromatic heterocycles. The molecule has 7 nitrogen and oxygen atoms in total. The minimum Gasteiger partial charge on any atom is -0.490 e. The van der Waals surface area contributed by atoms with E-state index < -0.39 is 23.5 Å². The zero-order valence-corrected chi connectivity index (χ0v) is 17.7. The van der Waals surface area contributed by atoms with Gasteiger partial charge in [-0.2, -0.15) is 4.39 Å². The van der Waals surface area contributed by atoms with Crippen molar-refractivity contribution in [2.75, 3.05) is 31.6 Å². The van der Waals surface area contributed by atoms with E-state index in [9.17, 15) is 22.8 Å². The molecule has 2 aromatic carbocycles. The Morgan fingerprint density at radius 2 is 1.88 bits per heavy atom. The van der Waals surface area contributed by atoms with Crippen LogP contribution in [0.4, 0.5) is 18.9 Å². The molecule has 5 rings (SSSR count). The first kappa shape index (κ1) is 21.7. The number of aromatic nitrogens is 1. The van der Waals surface area contributed by atoms with E-state index in [2.05, 4.69) is 10.3 Å². The van der Waals surface area contributed by atoms with E-state index in [4.69, 9.17) is 9.47 Å². The highest BCUT2D eigenvalue weighted by Crippen LogP contribution is 2.32. The van der Waals surface area contributed by atoms with Crippen molar-refractivity contribution in [2.45, 2.75) is 0 Å². The van der Waals surface area contributed by atoms with Crippen molar-refractivity contribution in [3.63, 3.8) is 0 Å². The molecule has 3 aromatic rings. The number of fused-ring (bicyclic) bond motifs is 1. The molecule has 1 saturated heterocycles. The van der Waals surface area contributed by atoms with E-state index in [0.29, 0.717) is 24.2 Å². The van der Waals surface area contributed by atoms with Crippen molar-refractivity contribution in [2.24, 2.45) is 5.92 Å². The molecular formula is C24H18F3N3O4. The minimum absolute atomic E-state index is 0.0481. The Kier molecular flexibility index (Phi) is 5.56. The van der Waals surface area contributed by atoms with E-state index in [1.54, 1.807) is 6.07 Å². The molecule has 2 aliphatic heterocycles. The summed E-state index contributed by atoms with van der Waals surface area (Å²) in [7, 11) is 0. The van der Waals surface area contributed by atoms with Crippen molar-refractivity contribution < 1.29 is 32.2 Å². The second-order valence-electron chi connectivity index (χ2n) is 8.07. The topological polar surface area (TPSA) is 80.8 Å². The molecule has 2 aliphatic rings. The number of likely N-dealkylation sites (tertiary alicyclic amines) is 1. The molecule has 1 N–H and O–H groups in total. The molecule has 174 valence electrons. The summed E-state index contributed by atoms with van der Waals surface area (Å²) in [5, 5.41) is 2.55. The molecular weight excluding hydrogens is 451 g/mol. The quantitative estimate of drug-likeness (QED) is 0.577. The number of ether oxygens (including phenoxy) is 2. The van der Waals surface area contributed by atoms with Gasteiger partial charge in [-0.15, -0.1) is 0 Å². The van der Waals surface area contributed by atoms with Crippen LogP contribution in [0.25, 0.3) is 11.1 Å². The summed E-state index contributed by atoms with van der Waals surface area (Å²) < 4.78 is 52.5. The predicted octanol–water partition coefficient (Wildman–Crippen LogP) is 3.65. The van der Waals surface area contributed by atoms with Crippen LogP contribution in [0.1, 0.15) is 10.4 Å². The number of amides is 2. The van der Waals surface area contributed by atoms with Crippen molar-refractivity contribution in [1.82, 2.24) is 9.88 Å². The van der Waals surface area contributed by atoms with Gasteiger partial charge in [-0.1, -0.05) is 6.07 Å². The number of anilines is 1. The number of hydrogen-bond acceptors (Lipinski definition) is 5. The second kappa shape index (κ2) is 8.69. The van der Waals surface area contributed by atoms with Gasteiger partial charge in [-0.25, -0.2) is 13.8 Å². The fraction of sp³-hybridized carbons (Fsp3) is 0.208. The SMILES string of the molecule is O=C1COc2cc(F)c(C(=O)N3CC(COc4ccc(-c5ccc(F)nc5)cc4F)C3)cc2N1. The van der Waals surface area contributed by atoms with Gasteiger partial charge in [0.15, 0.2) is 18.2 Å². The van der Waals surface area contributed by atoms with E-state index in [1.165, 1.54) is 41.4 Å². The van der Waals surface area contributed by atoms with Crippen LogP contribution in [0.15, 0.2) is 48.7 Å². The van der Waals surface area contributed by atoms with Gasteiger partial charge in [0.25, 0.3) is 11.8 Å². The summed E-state index contributed by atoms with van der Waals surface area (Å²) in [6, 6.07) is 9.45. The smallest absolute Gasteiger partial charge is 0.262 e. The van der Waals surface area contributed by atoms with Crippen LogP contribution in [0.5, 0.6) is 11.5 Å². The van der Waals surface area contributed by atoms with E-state index >= 15 is 0 Å². The van der Waals surface area contributed by atoms with Crippen molar-refractivity contribution >= 4 is 17.5 Å². The minimum atomic E-state index is -0.738. The van der Waals surface area contributed by atoms with Crippen LogP contribution >= 0.6 is 0 Å². The van der Waals surface area contributed by atoms with Gasteiger partial charge in [-0.05, 0) is 35.9 Å². The predicted molar refractivity (Wildman–Crippen MR) is 115 cm³/mol. The van der Waals surface area contributed by atoms with Gasteiger partial charge in [0, 0.05) is 36.8 Å². The molecule has 0 radical (unpaired) electrons. The van der Waals surface area contributed by atoms with Crippen LogP contribution < -0.4 is 14.8 Å². The Hall–Kier alpha value is -4.08. The van der Waals surface area contributed by atoms with Crippen molar-refractivity contribution in [3.05, 3.63) is 71.8 Å². The molecule has 0 atom stereocenters. The standard InChI is InChI=1S/C24H18F3N3O4/c25-17-7-21-19(29-23(31)12-34-21)6-16(17)24(32)30-9-13(10-30)11-33-20-3-1-14(5-18(20)26)15-2-4-22(27)28-8-15/h1-8,13H,9-12H2,(H,29,31). The summed E-state index contributed by atoms with van der Waals surface area (Å²) in [6.45, 7) is 0.605. The fourth-order valence-corrected chi connectivity index (χ4v) is 3.83. The van der Waals surface area contributed by atoms with Crippen LogP contribution in [0.3, 0.4) is 0 Å². The van der Waals surface area contributed by atoms with Crippen LogP contribution in [0.2, 0.25) is 0 Å². The molecule has 3 heterocycles. The number of pyridine rings is 1. The Morgan fingerprint density at radius 1 is 1.09 bits per heavy atom. The highest BCUT2D eigenvalue weighted by molar-refractivity contribution is 6.00. The number of rotatable bonds is 5. The zero-order chi connectivity index (χ0) is 23.8. The summed E-state index contributed by atoms with van der Waals surface area (Å²) in [4.78, 5) is 29.2. The van der Waals surface area contributed by atoms with Gasteiger partial charge in [-0.3, -0.25) is 9.59 Å². The summed E-state index contributed by atoms with van der Waals surface area (Å²) in [5.41, 5.74) is 1.18. The summed E-state index contributed by atoms with van der Waals surface area (Å²) >= 11 is 0.